The molecule has 3 N–H and O–H groups in total. The molecule has 16 heavy (non-hydrogen) atoms. The van der Waals surface area contributed by atoms with Crippen LogP contribution in [0.4, 0.5) is 0 Å². The van der Waals surface area contributed by atoms with Gasteiger partial charge in [0, 0.05) is 0 Å². The van der Waals surface area contributed by atoms with Gasteiger partial charge in [0.15, 0.2) is 5.75 Å². The summed E-state index contributed by atoms with van der Waals surface area (Å²) in [6.07, 6.45) is 4.10. The summed E-state index contributed by atoms with van der Waals surface area (Å²) >= 11 is 0. The van der Waals surface area contributed by atoms with Crippen molar-refractivity contribution >= 4 is 5.97 Å². The van der Waals surface area contributed by atoms with Crippen molar-refractivity contribution in [3.63, 3.8) is 0 Å². The zero-order valence-electron chi connectivity index (χ0n) is 9.51. The van der Waals surface area contributed by atoms with Crippen LogP contribution in [-0.4, -0.2) is 33.0 Å². The minimum Gasteiger partial charge on any atom is -0.490 e. The first-order valence-electron chi connectivity index (χ1n) is 5.13. The molecule has 1 atom stereocenters. The second kappa shape index (κ2) is 4.98. The number of hydrogen-bond acceptors (Lipinski definition) is 4. The van der Waals surface area contributed by atoms with Crippen LogP contribution in [0.15, 0.2) is 12.4 Å². The second-order valence-electron chi connectivity index (χ2n) is 3.94. The molecule has 1 rings (SSSR count). The molecule has 0 spiro atoms. The Morgan fingerprint density at radius 1 is 1.75 bits per heavy atom. The number of nitrogens with two attached hydrogens (primary N) is 1. The summed E-state index contributed by atoms with van der Waals surface area (Å²) < 4.78 is 6.81. The van der Waals surface area contributed by atoms with Gasteiger partial charge < -0.3 is 15.6 Å². The number of nitrogens with zero attached hydrogens (tertiary/aromatic N) is 2. The molecule has 1 unspecified atom stereocenters. The van der Waals surface area contributed by atoms with Crippen molar-refractivity contribution in [2.24, 2.45) is 5.73 Å². The number of carboxylic acids is 1. The quantitative estimate of drug-likeness (QED) is 0.737. The molecule has 0 fully saturated rings. The van der Waals surface area contributed by atoms with E-state index < -0.39 is 11.5 Å². The summed E-state index contributed by atoms with van der Waals surface area (Å²) in [6.45, 7) is 4.18. The maximum atomic E-state index is 10.8. The van der Waals surface area contributed by atoms with Crippen molar-refractivity contribution in [3.05, 3.63) is 12.4 Å². The second-order valence-corrected chi connectivity index (χ2v) is 3.94. The van der Waals surface area contributed by atoms with Crippen molar-refractivity contribution in [3.8, 4) is 5.75 Å². The highest BCUT2D eigenvalue weighted by atomic mass is 16.5. The number of ether oxygens (including phenoxy) is 1. The SMILES string of the molecule is CCCOc1cnn(CC(C)(N)C(=O)O)c1. The van der Waals surface area contributed by atoms with Gasteiger partial charge in [-0.15, -0.1) is 0 Å². The van der Waals surface area contributed by atoms with E-state index in [0.29, 0.717) is 12.4 Å². The monoisotopic (exact) mass is 227 g/mol. The molecule has 0 radical (unpaired) electrons. The average Bonchev–Trinajstić information content (AvgIpc) is 2.61. The van der Waals surface area contributed by atoms with Crippen molar-refractivity contribution < 1.29 is 14.6 Å². The van der Waals surface area contributed by atoms with E-state index in [-0.39, 0.29) is 6.54 Å². The molecule has 0 aromatic carbocycles. The third kappa shape index (κ3) is 3.23. The lowest BCUT2D eigenvalue weighted by atomic mass is 10.1. The van der Waals surface area contributed by atoms with Crippen LogP contribution >= 0.6 is 0 Å². The number of carbonyl (C=O) groups is 1. The Hall–Kier alpha value is -1.56. The number of hydrogen-bond donors (Lipinski definition) is 2. The van der Waals surface area contributed by atoms with Crippen LogP contribution < -0.4 is 10.5 Å². The van der Waals surface area contributed by atoms with Crippen molar-refractivity contribution in [2.75, 3.05) is 6.61 Å². The molecule has 0 saturated carbocycles. The zero-order chi connectivity index (χ0) is 12.2. The van der Waals surface area contributed by atoms with Crippen LogP contribution in [0.5, 0.6) is 5.75 Å². The normalized spacial score (nSPS) is 14.4. The van der Waals surface area contributed by atoms with Gasteiger partial charge in [0.2, 0.25) is 0 Å². The van der Waals surface area contributed by atoms with Gasteiger partial charge in [0.05, 0.1) is 25.5 Å². The summed E-state index contributed by atoms with van der Waals surface area (Å²) in [6, 6.07) is 0. The van der Waals surface area contributed by atoms with E-state index in [1.165, 1.54) is 11.6 Å². The molecule has 0 amide bonds. The van der Waals surface area contributed by atoms with Gasteiger partial charge >= 0.3 is 5.97 Å². The molecule has 0 aliphatic heterocycles. The van der Waals surface area contributed by atoms with Gasteiger partial charge in [-0.05, 0) is 13.3 Å². The van der Waals surface area contributed by atoms with Crippen molar-refractivity contribution in [1.29, 1.82) is 0 Å². The van der Waals surface area contributed by atoms with Crippen LogP contribution in [0.2, 0.25) is 0 Å². The number of aliphatic carboxylic acids is 1. The Balaban J connectivity index is 2.61. The fourth-order valence-corrected chi connectivity index (χ4v) is 1.13. The largest absolute Gasteiger partial charge is 0.490 e. The van der Waals surface area contributed by atoms with Crippen LogP contribution in [0.1, 0.15) is 20.3 Å². The maximum absolute atomic E-state index is 10.8. The number of carboxylic acid groups (broad SMARTS) is 1. The number of rotatable bonds is 6. The van der Waals surface area contributed by atoms with E-state index in [9.17, 15) is 4.79 Å². The summed E-state index contributed by atoms with van der Waals surface area (Å²) in [5.74, 6) is -0.429. The van der Waals surface area contributed by atoms with Gasteiger partial charge in [-0.2, -0.15) is 5.10 Å². The third-order valence-corrected chi connectivity index (χ3v) is 2.06. The van der Waals surface area contributed by atoms with Gasteiger partial charge in [-0.3, -0.25) is 9.48 Å². The summed E-state index contributed by atoms with van der Waals surface area (Å²) in [4.78, 5) is 10.8. The predicted octanol–water partition coefficient (Wildman–Crippen LogP) is 0.474. The summed E-state index contributed by atoms with van der Waals surface area (Å²) in [5.41, 5.74) is 4.27. The van der Waals surface area contributed by atoms with E-state index in [2.05, 4.69) is 5.10 Å². The molecule has 0 aliphatic rings. The fraction of sp³-hybridized carbons (Fsp3) is 0.600. The van der Waals surface area contributed by atoms with E-state index >= 15 is 0 Å². The molecule has 1 aromatic rings. The van der Waals surface area contributed by atoms with Crippen molar-refractivity contribution in [2.45, 2.75) is 32.4 Å². The molecule has 0 saturated heterocycles. The lowest BCUT2D eigenvalue weighted by Gasteiger charge is -2.18. The van der Waals surface area contributed by atoms with Crippen molar-refractivity contribution in [1.82, 2.24) is 9.78 Å². The first kappa shape index (κ1) is 12.5. The molecule has 6 heteroatoms. The Bertz CT molecular complexity index is 360. The van der Waals surface area contributed by atoms with E-state index in [1.54, 1.807) is 12.4 Å². The van der Waals surface area contributed by atoms with Crippen LogP contribution in [0.25, 0.3) is 0 Å². The molecular formula is C10H17N3O3. The minimum atomic E-state index is -1.33. The Labute approximate surface area is 94.0 Å². The van der Waals surface area contributed by atoms with Crippen LogP contribution in [0, 0.1) is 0 Å². The third-order valence-electron chi connectivity index (χ3n) is 2.06. The lowest BCUT2D eigenvalue weighted by molar-refractivity contribution is -0.143. The van der Waals surface area contributed by atoms with Gasteiger partial charge in [-0.25, -0.2) is 0 Å². The number of aromatic nitrogens is 2. The van der Waals surface area contributed by atoms with E-state index in [4.69, 9.17) is 15.6 Å². The van der Waals surface area contributed by atoms with Crippen LogP contribution in [-0.2, 0) is 11.3 Å². The molecule has 0 bridgehead atoms. The molecule has 0 aliphatic carbocycles. The molecule has 90 valence electrons. The Morgan fingerprint density at radius 3 is 3.00 bits per heavy atom. The lowest BCUT2D eigenvalue weighted by Crippen LogP contribution is -2.48. The molecule has 6 nitrogen and oxygen atoms in total. The standard InChI is InChI=1S/C10H17N3O3/c1-3-4-16-8-5-12-13(6-8)7-10(2,11)9(14)15/h5-6H,3-4,7,11H2,1-2H3,(H,14,15). The molecule has 1 aromatic heterocycles. The first-order valence-corrected chi connectivity index (χ1v) is 5.13. The first-order chi connectivity index (χ1) is 7.45. The minimum absolute atomic E-state index is 0.109. The topological polar surface area (TPSA) is 90.4 Å². The summed E-state index contributed by atoms with van der Waals surface area (Å²) in [5, 5.41) is 12.8. The smallest absolute Gasteiger partial charge is 0.325 e. The Kier molecular flexibility index (Phi) is 3.89. The van der Waals surface area contributed by atoms with Crippen LogP contribution in [0.3, 0.4) is 0 Å². The van der Waals surface area contributed by atoms with E-state index in [0.717, 1.165) is 6.42 Å². The molecule has 1 heterocycles. The summed E-state index contributed by atoms with van der Waals surface area (Å²) in [7, 11) is 0. The molecular weight excluding hydrogens is 210 g/mol. The highest BCUT2D eigenvalue weighted by Gasteiger charge is 2.28. The zero-order valence-corrected chi connectivity index (χ0v) is 9.51. The van der Waals surface area contributed by atoms with Gasteiger partial charge in [-0.1, -0.05) is 6.92 Å². The highest BCUT2D eigenvalue weighted by Crippen LogP contribution is 2.11. The predicted molar refractivity (Wildman–Crippen MR) is 58.2 cm³/mol. The fourth-order valence-electron chi connectivity index (χ4n) is 1.13. The van der Waals surface area contributed by atoms with Gasteiger partial charge in [0.1, 0.15) is 5.54 Å². The van der Waals surface area contributed by atoms with E-state index in [1.807, 2.05) is 6.92 Å². The highest BCUT2D eigenvalue weighted by molar-refractivity contribution is 5.77. The van der Waals surface area contributed by atoms with Gasteiger partial charge in [0.25, 0.3) is 0 Å². The Morgan fingerprint density at radius 2 is 2.44 bits per heavy atom. The average molecular weight is 227 g/mol. The maximum Gasteiger partial charge on any atom is 0.325 e.